The van der Waals surface area contributed by atoms with Crippen LogP contribution in [0.3, 0.4) is 0 Å². The summed E-state index contributed by atoms with van der Waals surface area (Å²) in [4.78, 5) is 24.4. The second kappa shape index (κ2) is 4.51. The van der Waals surface area contributed by atoms with Crippen LogP contribution in [0.15, 0.2) is 35.4 Å². The lowest BCUT2D eigenvalue weighted by molar-refractivity contribution is 0.0970. The summed E-state index contributed by atoms with van der Waals surface area (Å²) in [6.07, 6.45) is 5.51. The van der Waals surface area contributed by atoms with Crippen molar-refractivity contribution in [3.8, 4) is 11.5 Å². The molecule has 6 heteroatoms. The number of rotatable bonds is 4. The van der Waals surface area contributed by atoms with Crippen molar-refractivity contribution in [1.82, 2.24) is 9.13 Å². The van der Waals surface area contributed by atoms with Crippen LogP contribution in [0.5, 0.6) is 11.5 Å². The van der Waals surface area contributed by atoms with Crippen molar-refractivity contribution in [2.45, 2.75) is 25.4 Å². The number of fused-ring (bicyclic) bond motifs is 1. The van der Waals surface area contributed by atoms with E-state index in [2.05, 4.69) is 0 Å². The lowest BCUT2D eigenvalue weighted by Gasteiger charge is -2.03. The number of carbonyl (C=O) groups excluding carboxylic acids is 1. The molecule has 1 saturated carbocycles. The van der Waals surface area contributed by atoms with Gasteiger partial charge in [0.15, 0.2) is 17.3 Å². The summed E-state index contributed by atoms with van der Waals surface area (Å²) in [5.74, 6) is 1.09. The quantitative estimate of drug-likeness (QED) is 0.801. The molecule has 1 fully saturated rings. The number of ether oxygens (including phenoxy) is 2. The molecule has 2 heterocycles. The Bertz CT molecular complexity index is 770. The molecule has 4 rings (SSSR count). The van der Waals surface area contributed by atoms with E-state index in [0.717, 1.165) is 12.8 Å². The van der Waals surface area contributed by atoms with Crippen LogP contribution < -0.4 is 15.2 Å². The topological polar surface area (TPSA) is 62.5 Å². The van der Waals surface area contributed by atoms with Crippen molar-refractivity contribution in [3.05, 3.63) is 46.6 Å². The van der Waals surface area contributed by atoms with Crippen LogP contribution in [-0.4, -0.2) is 21.7 Å². The fourth-order valence-electron chi connectivity index (χ4n) is 2.50. The maximum atomic E-state index is 12.3. The molecule has 0 unspecified atom stereocenters. The lowest BCUT2D eigenvalue weighted by atomic mass is 10.1. The molecule has 1 aliphatic heterocycles. The van der Waals surface area contributed by atoms with E-state index in [9.17, 15) is 9.59 Å². The van der Waals surface area contributed by atoms with Gasteiger partial charge in [-0.05, 0) is 31.0 Å². The van der Waals surface area contributed by atoms with Gasteiger partial charge in [0.25, 0.3) is 0 Å². The van der Waals surface area contributed by atoms with E-state index in [1.165, 1.54) is 4.57 Å². The van der Waals surface area contributed by atoms with Crippen molar-refractivity contribution in [2.75, 3.05) is 6.79 Å². The molecule has 1 aromatic carbocycles. The van der Waals surface area contributed by atoms with Crippen LogP contribution in [0, 0.1) is 0 Å². The molecule has 108 valence electrons. The van der Waals surface area contributed by atoms with E-state index in [4.69, 9.17) is 9.47 Å². The Kier molecular flexibility index (Phi) is 2.63. The zero-order chi connectivity index (χ0) is 14.4. The van der Waals surface area contributed by atoms with Gasteiger partial charge >= 0.3 is 5.69 Å². The molecule has 0 saturated heterocycles. The molecule has 0 amide bonds. The van der Waals surface area contributed by atoms with E-state index in [1.807, 2.05) is 0 Å². The molecule has 21 heavy (non-hydrogen) atoms. The second-order valence-corrected chi connectivity index (χ2v) is 5.34. The van der Waals surface area contributed by atoms with Gasteiger partial charge in [-0.25, -0.2) is 4.79 Å². The van der Waals surface area contributed by atoms with Crippen LogP contribution in [0.1, 0.15) is 29.2 Å². The van der Waals surface area contributed by atoms with Gasteiger partial charge in [0.05, 0.1) is 6.54 Å². The van der Waals surface area contributed by atoms with Crippen LogP contribution in [-0.2, 0) is 6.54 Å². The van der Waals surface area contributed by atoms with Crippen LogP contribution in [0.2, 0.25) is 0 Å². The zero-order valence-electron chi connectivity index (χ0n) is 11.3. The number of benzene rings is 1. The van der Waals surface area contributed by atoms with Gasteiger partial charge in [-0.15, -0.1) is 0 Å². The van der Waals surface area contributed by atoms with Crippen molar-refractivity contribution in [1.29, 1.82) is 0 Å². The summed E-state index contributed by atoms with van der Waals surface area (Å²) in [7, 11) is 0. The molecular formula is C15H14N2O4. The maximum absolute atomic E-state index is 12.3. The van der Waals surface area contributed by atoms with E-state index < -0.39 is 0 Å². The molecule has 2 aliphatic rings. The summed E-state index contributed by atoms with van der Waals surface area (Å²) in [5, 5.41) is 0. The molecule has 0 N–H and O–H groups in total. The van der Waals surface area contributed by atoms with Crippen molar-refractivity contribution < 1.29 is 14.3 Å². The highest BCUT2D eigenvalue weighted by atomic mass is 16.7. The average molecular weight is 286 g/mol. The minimum Gasteiger partial charge on any atom is -0.454 e. The number of ketones is 1. The van der Waals surface area contributed by atoms with E-state index in [-0.39, 0.29) is 24.8 Å². The normalized spacial score (nSPS) is 16.2. The number of carbonyl (C=O) groups is 1. The van der Waals surface area contributed by atoms with Crippen LogP contribution >= 0.6 is 0 Å². The van der Waals surface area contributed by atoms with Crippen molar-refractivity contribution in [3.63, 3.8) is 0 Å². The summed E-state index contributed by atoms with van der Waals surface area (Å²) < 4.78 is 13.6. The number of hydrogen-bond acceptors (Lipinski definition) is 4. The summed E-state index contributed by atoms with van der Waals surface area (Å²) in [5.41, 5.74) is 0.400. The molecule has 0 bridgehead atoms. The minimum atomic E-state index is -0.121. The Hall–Kier alpha value is -2.50. The molecule has 0 spiro atoms. The van der Waals surface area contributed by atoms with Gasteiger partial charge in [-0.2, -0.15) is 0 Å². The fourth-order valence-corrected chi connectivity index (χ4v) is 2.50. The van der Waals surface area contributed by atoms with E-state index >= 15 is 0 Å². The number of Topliss-reactive ketones (excluding diaryl/α,β-unsaturated/α-hetero) is 1. The van der Waals surface area contributed by atoms with Crippen molar-refractivity contribution >= 4 is 5.78 Å². The molecule has 1 aliphatic carbocycles. The first-order chi connectivity index (χ1) is 10.2. The number of imidazole rings is 1. The standard InChI is InChI=1S/C15H14N2O4/c18-12(10-1-4-13-14(7-10)21-9-20-13)8-16-5-6-17(15(16)19)11-2-3-11/h1,4-7,11H,2-3,8-9H2. The van der Waals surface area contributed by atoms with Gasteiger partial charge in [-0.3, -0.25) is 13.9 Å². The molecule has 1 aromatic heterocycles. The number of nitrogens with zero attached hydrogens (tertiary/aromatic N) is 2. The third-order valence-electron chi connectivity index (χ3n) is 3.82. The second-order valence-electron chi connectivity index (χ2n) is 5.34. The highest BCUT2D eigenvalue weighted by molar-refractivity contribution is 5.96. The first-order valence-electron chi connectivity index (χ1n) is 6.92. The Morgan fingerprint density at radius 1 is 1.19 bits per heavy atom. The number of hydrogen-bond donors (Lipinski definition) is 0. The monoisotopic (exact) mass is 286 g/mol. The van der Waals surface area contributed by atoms with E-state index in [1.54, 1.807) is 35.2 Å². The van der Waals surface area contributed by atoms with Crippen LogP contribution in [0.25, 0.3) is 0 Å². The minimum absolute atomic E-state index is 0.0399. The lowest BCUT2D eigenvalue weighted by Crippen LogP contribution is -2.26. The maximum Gasteiger partial charge on any atom is 0.328 e. The Balaban J connectivity index is 1.57. The first-order valence-corrected chi connectivity index (χ1v) is 6.92. The molecular weight excluding hydrogens is 272 g/mol. The summed E-state index contributed by atoms with van der Waals surface area (Å²) in [6.45, 7) is 0.217. The first kappa shape index (κ1) is 12.3. The van der Waals surface area contributed by atoms with Gasteiger partial charge in [0.2, 0.25) is 6.79 Å². The van der Waals surface area contributed by atoms with Crippen LogP contribution in [0.4, 0.5) is 0 Å². The Morgan fingerprint density at radius 3 is 2.81 bits per heavy atom. The zero-order valence-corrected chi connectivity index (χ0v) is 11.3. The highest BCUT2D eigenvalue weighted by Gasteiger charge is 2.26. The van der Waals surface area contributed by atoms with Gasteiger partial charge in [0.1, 0.15) is 0 Å². The van der Waals surface area contributed by atoms with Gasteiger partial charge in [-0.1, -0.05) is 0 Å². The largest absolute Gasteiger partial charge is 0.454 e. The highest BCUT2D eigenvalue weighted by Crippen LogP contribution is 2.33. The molecule has 0 radical (unpaired) electrons. The predicted octanol–water partition coefficient (Wildman–Crippen LogP) is 1.60. The SMILES string of the molecule is O=C(Cn1ccn(C2CC2)c1=O)c1ccc2c(c1)OCO2. The smallest absolute Gasteiger partial charge is 0.328 e. The van der Waals surface area contributed by atoms with Gasteiger partial charge in [0, 0.05) is 24.0 Å². The third kappa shape index (κ3) is 2.12. The predicted molar refractivity (Wildman–Crippen MR) is 73.9 cm³/mol. The summed E-state index contributed by atoms with van der Waals surface area (Å²) >= 11 is 0. The molecule has 0 atom stereocenters. The number of aromatic nitrogens is 2. The molecule has 2 aromatic rings. The molecule has 6 nitrogen and oxygen atoms in total. The van der Waals surface area contributed by atoms with Gasteiger partial charge < -0.3 is 9.47 Å². The summed E-state index contributed by atoms with van der Waals surface area (Å²) in [6, 6.07) is 5.39. The Morgan fingerprint density at radius 2 is 2.00 bits per heavy atom. The average Bonchev–Trinajstić information content (AvgIpc) is 3.11. The van der Waals surface area contributed by atoms with E-state index in [0.29, 0.717) is 23.1 Å². The Labute approximate surface area is 120 Å². The fraction of sp³-hybridized carbons (Fsp3) is 0.333. The third-order valence-corrected chi connectivity index (χ3v) is 3.82. The van der Waals surface area contributed by atoms with Crippen molar-refractivity contribution in [2.24, 2.45) is 0 Å².